The number of hydrogen-bond acceptors (Lipinski definition) is 3. The van der Waals surface area contributed by atoms with Gasteiger partial charge in [0.25, 0.3) is 0 Å². The molecule has 0 radical (unpaired) electrons. The third kappa shape index (κ3) is 3.01. The summed E-state index contributed by atoms with van der Waals surface area (Å²) in [5, 5.41) is 0. The van der Waals surface area contributed by atoms with Gasteiger partial charge >= 0.3 is 6.09 Å². The summed E-state index contributed by atoms with van der Waals surface area (Å²) in [6, 6.07) is 9.67. The highest BCUT2D eigenvalue weighted by atomic mass is 16.6. The zero-order valence-electron chi connectivity index (χ0n) is 10.7. The summed E-state index contributed by atoms with van der Waals surface area (Å²) in [5.74, 6) is 0.336. The molecule has 1 fully saturated rings. The van der Waals surface area contributed by atoms with Gasteiger partial charge in [-0.2, -0.15) is 0 Å². The van der Waals surface area contributed by atoms with Gasteiger partial charge in [-0.3, -0.25) is 4.90 Å². The third-order valence-corrected chi connectivity index (χ3v) is 3.44. The molecule has 4 heteroatoms. The molecule has 2 rings (SSSR count). The fraction of sp³-hybridized carbons (Fsp3) is 0.500. The molecule has 0 spiro atoms. The zero-order chi connectivity index (χ0) is 13.0. The Hall–Kier alpha value is -1.55. The first-order valence-corrected chi connectivity index (χ1v) is 6.41. The Bertz CT molecular complexity index is 394. The van der Waals surface area contributed by atoms with Gasteiger partial charge in [0.05, 0.1) is 6.17 Å². The van der Waals surface area contributed by atoms with E-state index in [4.69, 9.17) is 10.5 Å². The normalized spacial score (nSPS) is 23.8. The minimum atomic E-state index is -0.307. The fourth-order valence-electron chi connectivity index (χ4n) is 2.23. The average Bonchev–Trinajstić information content (AvgIpc) is 2.40. The van der Waals surface area contributed by atoms with Gasteiger partial charge in [0.1, 0.15) is 6.61 Å². The van der Waals surface area contributed by atoms with Crippen molar-refractivity contribution in [3.8, 4) is 0 Å². The first-order chi connectivity index (χ1) is 8.68. The topological polar surface area (TPSA) is 55.6 Å². The van der Waals surface area contributed by atoms with E-state index in [9.17, 15) is 4.79 Å². The highest BCUT2D eigenvalue weighted by Gasteiger charge is 2.29. The summed E-state index contributed by atoms with van der Waals surface area (Å²) >= 11 is 0. The number of likely N-dealkylation sites (tertiary alicyclic amines) is 1. The molecule has 0 aromatic heterocycles. The van der Waals surface area contributed by atoms with Crippen molar-refractivity contribution in [1.29, 1.82) is 0 Å². The summed E-state index contributed by atoms with van der Waals surface area (Å²) in [4.78, 5) is 13.6. The van der Waals surface area contributed by atoms with Crippen LogP contribution in [0.25, 0.3) is 0 Å². The predicted molar refractivity (Wildman–Crippen MR) is 69.7 cm³/mol. The van der Waals surface area contributed by atoms with Crippen LogP contribution in [0.5, 0.6) is 0 Å². The van der Waals surface area contributed by atoms with Crippen LogP contribution in [0.1, 0.15) is 25.3 Å². The lowest BCUT2D eigenvalue weighted by molar-refractivity contribution is 0.0539. The highest BCUT2D eigenvalue weighted by Crippen LogP contribution is 2.20. The SMILES string of the molecule is CC1CCCN(C(=O)OCc2ccccc2)C1N. The molecule has 98 valence electrons. The Balaban J connectivity index is 1.88. The van der Waals surface area contributed by atoms with Crippen molar-refractivity contribution in [3.63, 3.8) is 0 Å². The number of benzene rings is 1. The molecule has 1 aliphatic heterocycles. The second-order valence-corrected chi connectivity index (χ2v) is 4.84. The van der Waals surface area contributed by atoms with Crippen molar-refractivity contribution >= 4 is 6.09 Å². The highest BCUT2D eigenvalue weighted by molar-refractivity contribution is 5.68. The minimum Gasteiger partial charge on any atom is -0.445 e. The first-order valence-electron chi connectivity index (χ1n) is 6.41. The molecular formula is C14H20N2O2. The third-order valence-electron chi connectivity index (χ3n) is 3.44. The van der Waals surface area contributed by atoms with Crippen LogP contribution in [0.2, 0.25) is 0 Å². The van der Waals surface area contributed by atoms with Gasteiger partial charge in [-0.05, 0) is 24.3 Å². The van der Waals surface area contributed by atoms with Crippen molar-refractivity contribution in [2.45, 2.75) is 32.5 Å². The molecule has 0 saturated carbocycles. The molecule has 1 aliphatic rings. The molecule has 2 N–H and O–H groups in total. The lowest BCUT2D eigenvalue weighted by Gasteiger charge is -2.36. The van der Waals surface area contributed by atoms with E-state index < -0.39 is 0 Å². The number of rotatable bonds is 2. The molecule has 4 nitrogen and oxygen atoms in total. The fourth-order valence-corrected chi connectivity index (χ4v) is 2.23. The molecular weight excluding hydrogens is 228 g/mol. The first kappa shape index (κ1) is 12.9. The quantitative estimate of drug-likeness (QED) is 0.874. The second kappa shape index (κ2) is 5.87. The van der Waals surface area contributed by atoms with Gasteiger partial charge in [-0.15, -0.1) is 0 Å². The number of nitrogens with zero attached hydrogens (tertiary/aromatic N) is 1. The molecule has 2 atom stereocenters. The van der Waals surface area contributed by atoms with Crippen LogP contribution in [-0.2, 0) is 11.3 Å². The number of carbonyl (C=O) groups excluding carboxylic acids is 1. The molecule has 1 heterocycles. The lowest BCUT2D eigenvalue weighted by atomic mass is 9.97. The molecule has 18 heavy (non-hydrogen) atoms. The number of piperidine rings is 1. The largest absolute Gasteiger partial charge is 0.445 e. The Kier molecular flexibility index (Phi) is 4.20. The molecule has 0 aliphatic carbocycles. The van der Waals surface area contributed by atoms with E-state index >= 15 is 0 Å². The van der Waals surface area contributed by atoms with Crippen molar-refractivity contribution in [1.82, 2.24) is 4.90 Å². The van der Waals surface area contributed by atoms with Crippen molar-refractivity contribution < 1.29 is 9.53 Å². The van der Waals surface area contributed by atoms with Crippen LogP contribution >= 0.6 is 0 Å². The smallest absolute Gasteiger partial charge is 0.411 e. The van der Waals surface area contributed by atoms with Crippen LogP contribution in [-0.4, -0.2) is 23.7 Å². The number of amides is 1. The maximum atomic E-state index is 12.0. The van der Waals surface area contributed by atoms with E-state index in [1.807, 2.05) is 30.3 Å². The van der Waals surface area contributed by atoms with Crippen molar-refractivity contribution in [2.75, 3.05) is 6.54 Å². The molecule has 2 unspecified atom stereocenters. The number of nitrogens with two attached hydrogens (primary N) is 1. The van der Waals surface area contributed by atoms with Crippen LogP contribution < -0.4 is 5.73 Å². The summed E-state index contributed by atoms with van der Waals surface area (Å²) in [7, 11) is 0. The summed E-state index contributed by atoms with van der Waals surface area (Å²) < 4.78 is 5.29. The predicted octanol–water partition coefficient (Wildman–Crippen LogP) is 2.34. The number of hydrogen-bond donors (Lipinski definition) is 1. The maximum Gasteiger partial charge on any atom is 0.411 e. The Morgan fingerprint density at radius 3 is 2.89 bits per heavy atom. The monoisotopic (exact) mass is 248 g/mol. The van der Waals surface area contributed by atoms with Crippen LogP contribution in [0.15, 0.2) is 30.3 Å². The van der Waals surface area contributed by atoms with Crippen LogP contribution in [0.3, 0.4) is 0 Å². The van der Waals surface area contributed by atoms with E-state index in [0.29, 0.717) is 19.1 Å². The van der Waals surface area contributed by atoms with Gasteiger partial charge in [-0.1, -0.05) is 37.3 Å². The Morgan fingerprint density at radius 1 is 1.44 bits per heavy atom. The molecule has 0 bridgehead atoms. The van der Waals surface area contributed by atoms with Gasteiger partial charge in [-0.25, -0.2) is 4.79 Å². The molecule has 1 aromatic rings. The van der Waals surface area contributed by atoms with Crippen LogP contribution in [0.4, 0.5) is 4.79 Å². The molecule has 1 amide bonds. The standard InChI is InChI=1S/C14H20N2O2/c1-11-6-5-9-16(13(11)15)14(17)18-10-12-7-3-2-4-8-12/h2-4,7-8,11,13H,5-6,9-10,15H2,1H3. The van der Waals surface area contributed by atoms with E-state index in [-0.39, 0.29) is 12.3 Å². The maximum absolute atomic E-state index is 12.0. The second-order valence-electron chi connectivity index (χ2n) is 4.84. The van der Waals surface area contributed by atoms with E-state index in [0.717, 1.165) is 18.4 Å². The van der Waals surface area contributed by atoms with E-state index in [1.54, 1.807) is 4.90 Å². The summed E-state index contributed by atoms with van der Waals surface area (Å²) in [5.41, 5.74) is 7.01. The molecule has 1 saturated heterocycles. The minimum absolute atomic E-state index is 0.220. The number of carbonyl (C=O) groups is 1. The van der Waals surface area contributed by atoms with E-state index in [2.05, 4.69) is 6.92 Å². The number of ether oxygens (including phenoxy) is 1. The lowest BCUT2D eigenvalue weighted by Crippen LogP contribution is -2.52. The van der Waals surface area contributed by atoms with Crippen LogP contribution in [0, 0.1) is 5.92 Å². The van der Waals surface area contributed by atoms with Gasteiger partial charge < -0.3 is 10.5 Å². The van der Waals surface area contributed by atoms with Crippen molar-refractivity contribution in [2.24, 2.45) is 11.7 Å². The van der Waals surface area contributed by atoms with Gasteiger partial charge in [0, 0.05) is 6.54 Å². The Labute approximate surface area is 108 Å². The zero-order valence-corrected chi connectivity index (χ0v) is 10.7. The van der Waals surface area contributed by atoms with E-state index in [1.165, 1.54) is 0 Å². The summed E-state index contributed by atoms with van der Waals surface area (Å²) in [6.45, 7) is 3.07. The summed E-state index contributed by atoms with van der Waals surface area (Å²) in [6.07, 6.45) is 1.54. The average molecular weight is 248 g/mol. The van der Waals surface area contributed by atoms with Gasteiger partial charge in [0.15, 0.2) is 0 Å². The molecule has 1 aromatic carbocycles. The van der Waals surface area contributed by atoms with Crippen molar-refractivity contribution in [3.05, 3.63) is 35.9 Å². The Morgan fingerprint density at radius 2 is 2.17 bits per heavy atom. The van der Waals surface area contributed by atoms with Gasteiger partial charge in [0.2, 0.25) is 0 Å².